The maximum atomic E-state index is 12.8. The number of aryl methyl sites for hydroxylation is 1. The Hall–Kier alpha value is -3.52. The molecule has 0 radical (unpaired) electrons. The molecule has 4 rings (SSSR count). The van der Waals surface area contributed by atoms with Gasteiger partial charge in [-0.2, -0.15) is 0 Å². The van der Waals surface area contributed by atoms with Gasteiger partial charge in [0.1, 0.15) is 22.7 Å². The Morgan fingerprint density at radius 1 is 1.09 bits per heavy atom. The molecule has 32 heavy (non-hydrogen) atoms. The van der Waals surface area contributed by atoms with Crippen LogP contribution in [0.3, 0.4) is 0 Å². The summed E-state index contributed by atoms with van der Waals surface area (Å²) in [5, 5.41) is 7.32. The van der Waals surface area contributed by atoms with Gasteiger partial charge in [-0.3, -0.25) is 9.78 Å². The van der Waals surface area contributed by atoms with E-state index >= 15 is 0 Å². The molecule has 1 aromatic carbocycles. The summed E-state index contributed by atoms with van der Waals surface area (Å²) >= 11 is 1.40. The molecule has 8 heteroatoms. The lowest BCUT2D eigenvalue weighted by Crippen LogP contribution is -2.25. The highest BCUT2D eigenvalue weighted by atomic mass is 32.1. The summed E-state index contributed by atoms with van der Waals surface area (Å²) in [5.41, 5.74) is 3.17. The zero-order valence-electron chi connectivity index (χ0n) is 18.1. The van der Waals surface area contributed by atoms with Crippen molar-refractivity contribution in [1.82, 2.24) is 20.3 Å². The lowest BCUT2D eigenvalue weighted by Gasteiger charge is -2.08. The summed E-state index contributed by atoms with van der Waals surface area (Å²) in [6, 6.07) is 11.9. The van der Waals surface area contributed by atoms with Crippen LogP contribution in [0, 0.1) is 6.92 Å². The third kappa shape index (κ3) is 5.03. The Kier molecular flexibility index (Phi) is 6.91. The minimum atomic E-state index is -0.0864. The van der Waals surface area contributed by atoms with E-state index < -0.39 is 0 Å². The van der Waals surface area contributed by atoms with E-state index in [0.717, 1.165) is 45.8 Å². The molecule has 4 aromatic rings. The van der Waals surface area contributed by atoms with Gasteiger partial charge >= 0.3 is 0 Å². The molecule has 0 bridgehead atoms. The number of nitrogens with zero attached hydrogens (tertiary/aromatic N) is 3. The van der Waals surface area contributed by atoms with Gasteiger partial charge in [-0.1, -0.05) is 18.2 Å². The molecule has 0 aliphatic rings. The number of rotatable bonds is 9. The summed E-state index contributed by atoms with van der Waals surface area (Å²) in [7, 11) is 1.67. The van der Waals surface area contributed by atoms with Crippen LogP contribution in [0.5, 0.6) is 5.75 Å². The van der Waals surface area contributed by atoms with Crippen molar-refractivity contribution in [2.45, 2.75) is 19.8 Å². The summed E-state index contributed by atoms with van der Waals surface area (Å²) in [4.78, 5) is 27.2. The van der Waals surface area contributed by atoms with Crippen molar-refractivity contribution in [3.8, 4) is 5.75 Å². The first-order valence-corrected chi connectivity index (χ1v) is 11.3. The second kappa shape index (κ2) is 10.2. The van der Waals surface area contributed by atoms with Gasteiger partial charge in [0.05, 0.1) is 17.4 Å². The maximum Gasteiger partial charge on any atom is 0.261 e. The predicted octanol–water partition coefficient (Wildman–Crippen LogP) is 4.03. The lowest BCUT2D eigenvalue weighted by molar-refractivity contribution is 0.0957. The van der Waals surface area contributed by atoms with Crippen LogP contribution >= 0.6 is 11.3 Å². The first kappa shape index (κ1) is 21.7. The maximum absolute atomic E-state index is 12.8. The Morgan fingerprint density at radius 2 is 1.94 bits per heavy atom. The van der Waals surface area contributed by atoms with E-state index in [0.29, 0.717) is 18.0 Å². The number of methoxy groups -OCH3 is 1. The number of aromatic nitrogens is 3. The van der Waals surface area contributed by atoms with Crippen molar-refractivity contribution < 1.29 is 9.53 Å². The van der Waals surface area contributed by atoms with E-state index in [4.69, 9.17) is 4.74 Å². The largest absolute Gasteiger partial charge is 0.497 e. The predicted molar refractivity (Wildman–Crippen MR) is 128 cm³/mol. The highest BCUT2D eigenvalue weighted by molar-refractivity contribution is 7.20. The van der Waals surface area contributed by atoms with Crippen molar-refractivity contribution in [2.24, 2.45) is 0 Å². The molecule has 0 unspecified atom stereocenters. The average Bonchev–Trinajstić information content (AvgIpc) is 3.17. The standard InChI is InChI=1S/C24H25N5O2S/c1-16-20-22(26-11-8-17-5-3-7-19(13-17)31-2)28-15-29-24(20)32-21(16)23(30)27-12-9-18-6-4-10-25-14-18/h3-7,10,13-15H,8-9,11-12H2,1-2H3,(H,27,30)(H,26,28,29). The van der Waals surface area contributed by atoms with Crippen molar-refractivity contribution in [2.75, 3.05) is 25.5 Å². The smallest absolute Gasteiger partial charge is 0.261 e. The number of benzene rings is 1. The molecule has 0 saturated carbocycles. The number of amides is 1. The number of carbonyl (C=O) groups is 1. The molecule has 3 heterocycles. The monoisotopic (exact) mass is 447 g/mol. The molecule has 1 amide bonds. The number of thiophene rings is 1. The summed E-state index contributed by atoms with van der Waals surface area (Å²) in [6.07, 6.45) is 6.66. The van der Waals surface area contributed by atoms with Crippen LogP contribution in [0.4, 0.5) is 5.82 Å². The zero-order valence-corrected chi connectivity index (χ0v) is 18.9. The molecule has 3 aromatic heterocycles. The molecular formula is C24H25N5O2S. The van der Waals surface area contributed by atoms with Crippen LogP contribution in [-0.2, 0) is 12.8 Å². The number of anilines is 1. The molecule has 0 fully saturated rings. The number of nitrogens with one attached hydrogen (secondary N) is 2. The van der Waals surface area contributed by atoms with Gasteiger partial charge < -0.3 is 15.4 Å². The van der Waals surface area contributed by atoms with Gasteiger partial charge in [0, 0.05) is 25.5 Å². The number of pyridine rings is 1. The normalized spacial score (nSPS) is 10.8. The SMILES string of the molecule is COc1cccc(CCNc2ncnc3sc(C(=O)NCCc4cccnc4)c(C)c23)c1. The fraction of sp³-hybridized carbons (Fsp3) is 0.250. The van der Waals surface area contributed by atoms with E-state index in [1.165, 1.54) is 23.2 Å². The summed E-state index contributed by atoms with van der Waals surface area (Å²) in [5.74, 6) is 1.51. The van der Waals surface area contributed by atoms with Crippen LogP contribution in [-0.4, -0.2) is 41.1 Å². The number of carbonyl (C=O) groups excluding carboxylic acids is 1. The van der Waals surface area contributed by atoms with Crippen molar-refractivity contribution >= 4 is 33.3 Å². The number of ether oxygens (including phenoxy) is 1. The number of hydrogen-bond donors (Lipinski definition) is 2. The second-order valence-electron chi connectivity index (χ2n) is 7.35. The van der Waals surface area contributed by atoms with Gasteiger partial charge in [0.2, 0.25) is 0 Å². The third-order valence-electron chi connectivity index (χ3n) is 5.20. The van der Waals surface area contributed by atoms with E-state index in [2.05, 4.69) is 31.7 Å². The van der Waals surface area contributed by atoms with Crippen molar-refractivity contribution in [3.05, 3.63) is 76.7 Å². The highest BCUT2D eigenvalue weighted by Crippen LogP contribution is 2.33. The van der Waals surface area contributed by atoms with Crippen molar-refractivity contribution in [3.63, 3.8) is 0 Å². The zero-order chi connectivity index (χ0) is 22.3. The van der Waals surface area contributed by atoms with Crippen LogP contribution in [0.25, 0.3) is 10.2 Å². The summed E-state index contributed by atoms with van der Waals surface area (Å²) < 4.78 is 5.29. The van der Waals surface area contributed by atoms with Gasteiger partial charge in [0.15, 0.2) is 0 Å². The van der Waals surface area contributed by atoms with Crippen LogP contribution in [0.2, 0.25) is 0 Å². The fourth-order valence-corrected chi connectivity index (χ4v) is 4.59. The second-order valence-corrected chi connectivity index (χ2v) is 8.35. The topological polar surface area (TPSA) is 89.0 Å². The molecule has 0 aliphatic carbocycles. The molecule has 0 atom stereocenters. The molecule has 2 N–H and O–H groups in total. The Labute approximate surface area is 190 Å². The number of hydrogen-bond acceptors (Lipinski definition) is 7. The lowest BCUT2D eigenvalue weighted by atomic mass is 10.1. The molecule has 164 valence electrons. The van der Waals surface area contributed by atoms with Gasteiger partial charge in [0.25, 0.3) is 5.91 Å². The summed E-state index contributed by atoms with van der Waals surface area (Å²) in [6.45, 7) is 3.21. The van der Waals surface area contributed by atoms with E-state index in [1.54, 1.807) is 13.3 Å². The van der Waals surface area contributed by atoms with Crippen LogP contribution in [0.15, 0.2) is 55.1 Å². The average molecular weight is 448 g/mol. The number of fused-ring (bicyclic) bond motifs is 1. The minimum Gasteiger partial charge on any atom is -0.497 e. The quantitative estimate of drug-likeness (QED) is 0.403. The molecule has 7 nitrogen and oxygen atoms in total. The van der Waals surface area contributed by atoms with E-state index in [-0.39, 0.29) is 5.91 Å². The van der Waals surface area contributed by atoms with Gasteiger partial charge in [-0.05, 0) is 54.7 Å². The molecule has 0 spiro atoms. The molecular weight excluding hydrogens is 422 g/mol. The Morgan fingerprint density at radius 3 is 2.75 bits per heavy atom. The van der Waals surface area contributed by atoms with E-state index in [1.807, 2.05) is 43.5 Å². The van der Waals surface area contributed by atoms with Gasteiger partial charge in [-0.15, -0.1) is 11.3 Å². The van der Waals surface area contributed by atoms with Crippen LogP contribution in [0.1, 0.15) is 26.4 Å². The highest BCUT2D eigenvalue weighted by Gasteiger charge is 2.19. The Balaban J connectivity index is 1.42. The third-order valence-corrected chi connectivity index (χ3v) is 6.39. The van der Waals surface area contributed by atoms with E-state index in [9.17, 15) is 4.79 Å². The molecule has 0 aliphatic heterocycles. The first-order valence-electron chi connectivity index (χ1n) is 10.4. The van der Waals surface area contributed by atoms with Gasteiger partial charge in [-0.25, -0.2) is 9.97 Å². The first-order chi connectivity index (χ1) is 15.7. The van der Waals surface area contributed by atoms with Crippen molar-refractivity contribution in [1.29, 1.82) is 0 Å². The fourth-order valence-electron chi connectivity index (χ4n) is 3.52. The van der Waals surface area contributed by atoms with Crippen LogP contribution < -0.4 is 15.4 Å². The minimum absolute atomic E-state index is 0.0864. The Bertz CT molecular complexity index is 1210. The molecule has 0 saturated heterocycles.